The largest absolute Gasteiger partial charge is 0.457 e. The second-order valence-corrected chi connectivity index (χ2v) is 10.9. The van der Waals surface area contributed by atoms with Gasteiger partial charge in [-0.1, -0.05) is 127 Å². The fourth-order valence-electron chi connectivity index (χ4n) is 6.74. The van der Waals surface area contributed by atoms with E-state index in [4.69, 9.17) is 4.74 Å². The van der Waals surface area contributed by atoms with Crippen molar-refractivity contribution in [3.05, 3.63) is 198 Å². The summed E-state index contributed by atoms with van der Waals surface area (Å²) in [6.45, 7) is 0. The van der Waals surface area contributed by atoms with Crippen LogP contribution in [0.4, 0.5) is 17.1 Å². The van der Waals surface area contributed by atoms with E-state index in [2.05, 4.69) is 181 Å². The minimum Gasteiger partial charge on any atom is -0.457 e. The van der Waals surface area contributed by atoms with Gasteiger partial charge in [0.25, 0.3) is 0 Å². The maximum absolute atomic E-state index is 6.74. The van der Waals surface area contributed by atoms with Crippen molar-refractivity contribution in [3.63, 3.8) is 0 Å². The van der Waals surface area contributed by atoms with Gasteiger partial charge in [-0.3, -0.25) is 0 Å². The summed E-state index contributed by atoms with van der Waals surface area (Å²) in [5, 5.41) is 2.34. The van der Waals surface area contributed by atoms with Crippen LogP contribution in [0, 0.1) is 0 Å². The lowest BCUT2D eigenvalue weighted by atomic mass is 9.63. The minimum atomic E-state index is -0.659. The summed E-state index contributed by atoms with van der Waals surface area (Å²) in [5.74, 6) is 1.75. The lowest BCUT2D eigenvalue weighted by molar-refractivity contribution is 0.435. The molecule has 204 valence electrons. The SMILES string of the molecule is c1ccc(N(c2ccccc2)c2ccccc2C2(c3ccccc3)c3ccccc3Oc3cc4ccccc4cc32)cc1. The lowest BCUT2D eigenvalue weighted by Crippen LogP contribution is -2.35. The van der Waals surface area contributed by atoms with Gasteiger partial charge < -0.3 is 9.64 Å². The molecular weight excluding hydrogens is 522 g/mol. The van der Waals surface area contributed by atoms with Crippen LogP contribution >= 0.6 is 0 Å². The van der Waals surface area contributed by atoms with E-state index in [1.807, 2.05) is 0 Å². The summed E-state index contributed by atoms with van der Waals surface area (Å²) in [7, 11) is 0. The Labute approximate surface area is 252 Å². The first kappa shape index (κ1) is 25.1. The van der Waals surface area contributed by atoms with E-state index in [0.29, 0.717) is 0 Å². The smallest absolute Gasteiger partial charge is 0.132 e. The summed E-state index contributed by atoms with van der Waals surface area (Å²) in [6.07, 6.45) is 0. The van der Waals surface area contributed by atoms with E-state index in [9.17, 15) is 0 Å². The fourth-order valence-corrected chi connectivity index (χ4v) is 6.74. The zero-order valence-electron chi connectivity index (χ0n) is 23.6. The first-order valence-electron chi connectivity index (χ1n) is 14.7. The standard InChI is InChI=1S/C41H29NO/c1-4-18-32(19-5-1)41(36-25-13-15-27-39(36)43-40-29-31-17-11-10-16-30(31)28-37(40)41)35-24-12-14-26-38(35)42(33-20-6-2-7-21-33)34-22-8-3-9-23-34/h1-29H. The van der Waals surface area contributed by atoms with Crippen LogP contribution in [-0.2, 0) is 5.41 Å². The molecule has 7 aromatic carbocycles. The molecule has 1 aliphatic heterocycles. The van der Waals surface area contributed by atoms with Gasteiger partial charge in [0.05, 0.1) is 11.1 Å². The van der Waals surface area contributed by atoms with Crippen molar-refractivity contribution in [2.24, 2.45) is 0 Å². The molecule has 2 nitrogen and oxygen atoms in total. The summed E-state index contributed by atoms with van der Waals surface area (Å²) in [4.78, 5) is 2.37. The van der Waals surface area contributed by atoms with Gasteiger partial charge in [0.2, 0.25) is 0 Å². The minimum absolute atomic E-state index is 0.659. The summed E-state index contributed by atoms with van der Waals surface area (Å²) in [6, 6.07) is 62.6. The molecule has 1 aliphatic rings. The molecule has 0 saturated heterocycles. The van der Waals surface area contributed by atoms with Crippen molar-refractivity contribution >= 4 is 27.8 Å². The molecule has 0 aliphatic carbocycles. The normalized spacial score (nSPS) is 15.3. The Morgan fingerprint density at radius 2 is 0.907 bits per heavy atom. The summed E-state index contributed by atoms with van der Waals surface area (Å²) >= 11 is 0. The quantitative estimate of drug-likeness (QED) is 0.211. The summed E-state index contributed by atoms with van der Waals surface area (Å²) in [5.41, 5.74) is 7.28. The Hall–Kier alpha value is -5.60. The Bertz CT molecular complexity index is 2010. The second-order valence-electron chi connectivity index (χ2n) is 10.9. The number of rotatable bonds is 5. The van der Waals surface area contributed by atoms with Gasteiger partial charge >= 0.3 is 0 Å². The van der Waals surface area contributed by atoms with E-state index < -0.39 is 5.41 Å². The van der Waals surface area contributed by atoms with Crippen molar-refractivity contribution in [2.45, 2.75) is 5.41 Å². The Balaban J connectivity index is 1.53. The molecule has 2 heteroatoms. The highest BCUT2D eigenvalue weighted by molar-refractivity contribution is 5.89. The zero-order valence-corrected chi connectivity index (χ0v) is 23.6. The number of para-hydroxylation sites is 4. The van der Waals surface area contributed by atoms with Gasteiger partial charge in [-0.05, 0) is 70.4 Å². The van der Waals surface area contributed by atoms with E-state index in [1.54, 1.807) is 0 Å². The van der Waals surface area contributed by atoms with Gasteiger partial charge in [0.1, 0.15) is 11.5 Å². The van der Waals surface area contributed by atoms with Crippen LogP contribution in [0.1, 0.15) is 22.3 Å². The van der Waals surface area contributed by atoms with Crippen LogP contribution in [0.5, 0.6) is 11.5 Å². The lowest BCUT2D eigenvalue weighted by Gasteiger charge is -2.43. The van der Waals surface area contributed by atoms with E-state index >= 15 is 0 Å². The number of nitrogens with zero attached hydrogens (tertiary/aromatic N) is 1. The van der Waals surface area contributed by atoms with Crippen molar-refractivity contribution in [1.82, 2.24) is 0 Å². The third-order valence-electron chi connectivity index (χ3n) is 8.55. The number of benzene rings is 7. The zero-order chi connectivity index (χ0) is 28.6. The fraction of sp³-hybridized carbons (Fsp3) is 0.0244. The number of ether oxygens (including phenoxy) is 1. The molecule has 1 unspecified atom stereocenters. The van der Waals surface area contributed by atoms with Crippen molar-refractivity contribution in [3.8, 4) is 11.5 Å². The molecule has 0 saturated carbocycles. The second kappa shape index (κ2) is 10.3. The molecule has 43 heavy (non-hydrogen) atoms. The predicted molar refractivity (Wildman–Crippen MR) is 177 cm³/mol. The molecule has 0 aromatic heterocycles. The van der Waals surface area contributed by atoms with Crippen LogP contribution in [0.2, 0.25) is 0 Å². The maximum Gasteiger partial charge on any atom is 0.132 e. The number of anilines is 3. The highest BCUT2D eigenvalue weighted by Gasteiger charge is 2.47. The van der Waals surface area contributed by atoms with Crippen molar-refractivity contribution in [2.75, 3.05) is 4.90 Å². The van der Waals surface area contributed by atoms with Gasteiger partial charge in [-0.2, -0.15) is 0 Å². The van der Waals surface area contributed by atoms with Gasteiger partial charge in [0.15, 0.2) is 0 Å². The highest BCUT2D eigenvalue weighted by atomic mass is 16.5. The van der Waals surface area contributed by atoms with E-state index in [1.165, 1.54) is 16.5 Å². The average Bonchev–Trinajstić information content (AvgIpc) is 3.08. The highest BCUT2D eigenvalue weighted by Crippen LogP contribution is 2.58. The third kappa shape index (κ3) is 4.03. The third-order valence-corrected chi connectivity index (χ3v) is 8.55. The van der Waals surface area contributed by atoms with Gasteiger partial charge in [-0.15, -0.1) is 0 Å². The molecule has 8 rings (SSSR count). The Morgan fingerprint density at radius 3 is 1.58 bits per heavy atom. The van der Waals surface area contributed by atoms with Gasteiger partial charge in [-0.25, -0.2) is 0 Å². The average molecular weight is 552 g/mol. The summed E-state index contributed by atoms with van der Waals surface area (Å²) < 4.78 is 6.74. The Kier molecular flexibility index (Phi) is 6.05. The van der Waals surface area contributed by atoms with Crippen LogP contribution in [0.15, 0.2) is 176 Å². The topological polar surface area (TPSA) is 12.5 Å². The van der Waals surface area contributed by atoms with Crippen LogP contribution < -0.4 is 9.64 Å². The van der Waals surface area contributed by atoms with Crippen molar-refractivity contribution < 1.29 is 4.74 Å². The van der Waals surface area contributed by atoms with Gasteiger partial charge in [0, 0.05) is 22.5 Å². The van der Waals surface area contributed by atoms with Crippen molar-refractivity contribution in [1.29, 1.82) is 0 Å². The molecule has 0 radical (unpaired) electrons. The maximum atomic E-state index is 6.74. The number of fused-ring (bicyclic) bond motifs is 3. The molecule has 0 N–H and O–H groups in total. The van der Waals surface area contributed by atoms with E-state index in [-0.39, 0.29) is 0 Å². The predicted octanol–water partition coefficient (Wildman–Crippen LogP) is 10.8. The van der Waals surface area contributed by atoms with Crippen LogP contribution in [0.3, 0.4) is 0 Å². The molecular formula is C41H29NO. The first-order chi connectivity index (χ1) is 21.3. The monoisotopic (exact) mass is 551 g/mol. The Morgan fingerprint density at radius 1 is 0.395 bits per heavy atom. The first-order valence-corrected chi connectivity index (χ1v) is 14.7. The number of hydrogen-bond donors (Lipinski definition) is 0. The molecule has 0 bridgehead atoms. The molecule has 0 spiro atoms. The molecule has 0 amide bonds. The van der Waals surface area contributed by atoms with Crippen LogP contribution in [0.25, 0.3) is 10.8 Å². The molecule has 1 heterocycles. The van der Waals surface area contributed by atoms with E-state index in [0.717, 1.165) is 45.1 Å². The van der Waals surface area contributed by atoms with Crippen LogP contribution in [-0.4, -0.2) is 0 Å². The molecule has 7 aromatic rings. The molecule has 0 fully saturated rings. The number of hydrogen-bond acceptors (Lipinski definition) is 2. The molecule has 1 atom stereocenters.